The smallest absolute Gasteiger partial charge is 0.462 e. The largest absolute Gasteiger partial charge is 0.472 e. The Kier molecular flexibility index (Phi) is 71.6. The lowest BCUT2D eigenvalue weighted by Crippen LogP contribution is -2.30. The molecule has 5 atom stereocenters. The molecule has 0 amide bonds. The van der Waals surface area contributed by atoms with Gasteiger partial charge in [0.15, 0.2) is 12.2 Å². The van der Waals surface area contributed by atoms with E-state index in [1.165, 1.54) is 218 Å². The highest BCUT2D eigenvalue weighted by atomic mass is 31.2. The summed E-state index contributed by atoms with van der Waals surface area (Å²) in [5, 5.41) is 10.6. The van der Waals surface area contributed by atoms with Crippen molar-refractivity contribution in [3.05, 3.63) is 24.3 Å². The number of rotatable bonds is 79. The Hall–Kier alpha value is -2.46. The standard InChI is InChI=1S/C81H154O17P2/c1-6-9-12-15-18-21-23-25-27-28-29-33-36-40-45-50-55-60-65-79(84)92-71-77(98-81(86)67-62-57-52-47-42-38-34-30-32-35-39-44-48-53-58-63-74(4)5)73-96-100(89,90)94-69-75(82)68-93-99(87,88)95-72-76(70-91-78(83)64-59-54-49-43-20-17-14-11-8-3)97-80(85)66-61-56-51-46-41-37-31-26-24-22-19-16-13-10-7-2/h22,24,26,31,74-77,82H,6-21,23,25,27-30,32-73H2,1-5H3,(H,87,88)(H,89,90)/b24-22-,31-26-/t75-,76+,77+/m0/s1. The molecule has 3 N–H and O–H groups in total. The summed E-state index contributed by atoms with van der Waals surface area (Å²) in [5.41, 5.74) is 0. The number of phosphoric acid groups is 2. The maximum absolute atomic E-state index is 13.1. The molecule has 0 fully saturated rings. The highest BCUT2D eigenvalue weighted by Gasteiger charge is 2.30. The zero-order valence-corrected chi connectivity index (χ0v) is 66.6. The van der Waals surface area contributed by atoms with E-state index >= 15 is 0 Å². The average molecular weight is 1460 g/mol. The van der Waals surface area contributed by atoms with Gasteiger partial charge in [0, 0.05) is 25.7 Å². The molecule has 590 valence electrons. The molecule has 19 heteroatoms. The maximum Gasteiger partial charge on any atom is 0.472 e. The van der Waals surface area contributed by atoms with E-state index in [2.05, 4.69) is 58.9 Å². The number of hydrogen-bond acceptors (Lipinski definition) is 15. The fraction of sp³-hybridized carbons (Fsp3) is 0.901. The van der Waals surface area contributed by atoms with Gasteiger partial charge in [0.1, 0.15) is 19.3 Å². The first-order valence-electron chi connectivity index (χ1n) is 41.5. The van der Waals surface area contributed by atoms with Crippen LogP contribution in [0.3, 0.4) is 0 Å². The number of ether oxygens (including phenoxy) is 4. The van der Waals surface area contributed by atoms with Gasteiger partial charge < -0.3 is 33.8 Å². The van der Waals surface area contributed by atoms with Crippen molar-refractivity contribution in [2.75, 3.05) is 39.6 Å². The number of aliphatic hydroxyl groups is 1. The summed E-state index contributed by atoms with van der Waals surface area (Å²) in [4.78, 5) is 72.9. The van der Waals surface area contributed by atoms with Crippen molar-refractivity contribution in [3.63, 3.8) is 0 Å². The molecule has 0 rings (SSSR count). The molecule has 0 bridgehead atoms. The minimum absolute atomic E-state index is 0.0854. The molecule has 0 aliphatic heterocycles. The van der Waals surface area contributed by atoms with Crippen LogP contribution in [-0.2, 0) is 65.4 Å². The molecule has 0 aliphatic rings. The Balaban J connectivity index is 5.25. The zero-order valence-electron chi connectivity index (χ0n) is 64.8. The average Bonchev–Trinajstić information content (AvgIpc) is 0.941. The number of allylic oxidation sites excluding steroid dienone is 4. The number of carbonyl (C=O) groups excluding carboxylic acids is 4. The summed E-state index contributed by atoms with van der Waals surface area (Å²) in [7, 11) is -9.93. The summed E-state index contributed by atoms with van der Waals surface area (Å²) >= 11 is 0. The second-order valence-corrected chi connectivity index (χ2v) is 31.9. The third kappa shape index (κ3) is 73.8. The summed E-state index contributed by atoms with van der Waals surface area (Å²) in [5.74, 6) is -1.34. The van der Waals surface area contributed by atoms with E-state index in [0.29, 0.717) is 25.7 Å². The molecule has 0 aromatic heterocycles. The summed E-state index contributed by atoms with van der Waals surface area (Å²) in [6.45, 7) is 7.27. The summed E-state index contributed by atoms with van der Waals surface area (Å²) in [6.07, 6.45) is 67.4. The molecule has 0 saturated heterocycles. The van der Waals surface area contributed by atoms with Crippen LogP contribution in [0.2, 0.25) is 0 Å². The molecule has 0 aromatic carbocycles. The fourth-order valence-electron chi connectivity index (χ4n) is 12.0. The molecular formula is C81H154O17P2. The van der Waals surface area contributed by atoms with E-state index in [0.717, 1.165) is 109 Å². The zero-order chi connectivity index (χ0) is 73.4. The van der Waals surface area contributed by atoms with Gasteiger partial charge in [0.05, 0.1) is 26.4 Å². The Morgan fingerprint density at radius 1 is 0.310 bits per heavy atom. The van der Waals surface area contributed by atoms with Crippen LogP contribution >= 0.6 is 15.6 Å². The van der Waals surface area contributed by atoms with E-state index < -0.39 is 97.5 Å². The first-order valence-corrected chi connectivity index (χ1v) is 44.4. The number of carbonyl (C=O) groups is 4. The highest BCUT2D eigenvalue weighted by molar-refractivity contribution is 7.47. The second kappa shape index (κ2) is 73.4. The fourth-order valence-corrected chi connectivity index (χ4v) is 13.6. The molecule has 2 unspecified atom stereocenters. The van der Waals surface area contributed by atoms with E-state index in [1.54, 1.807) is 0 Å². The van der Waals surface area contributed by atoms with Gasteiger partial charge in [0.25, 0.3) is 0 Å². The van der Waals surface area contributed by atoms with E-state index in [1.807, 2.05) is 0 Å². The number of phosphoric ester groups is 2. The normalized spacial score (nSPS) is 14.0. The lowest BCUT2D eigenvalue weighted by molar-refractivity contribution is -0.161. The van der Waals surface area contributed by atoms with Crippen LogP contribution in [-0.4, -0.2) is 96.7 Å². The number of aliphatic hydroxyl groups excluding tert-OH is 1. The number of hydrogen-bond donors (Lipinski definition) is 3. The summed E-state index contributed by atoms with van der Waals surface area (Å²) < 4.78 is 68.6. The van der Waals surface area contributed by atoms with Crippen LogP contribution in [0.15, 0.2) is 24.3 Å². The molecule has 0 spiro atoms. The lowest BCUT2D eigenvalue weighted by Gasteiger charge is -2.21. The molecule has 100 heavy (non-hydrogen) atoms. The van der Waals surface area contributed by atoms with Gasteiger partial charge in [-0.15, -0.1) is 0 Å². The van der Waals surface area contributed by atoms with Crippen molar-refractivity contribution >= 4 is 39.5 Å². The Labute approximate surface area is 612 Å². The molecular weight excluding hydrogens is 1310 g/mol. The molecule has 0 heterocycles. The van der Waals surface area contributed by atoms with Gasteiger partial charge >= 0.3 is 39.5 Å². The van der Waals surface area contributed by atoms with Crippen LogP contribution in [0, 0.1) is 5.92 Å². The Morgan fingerprint density at radius 2 is 0.540 bits per heavy atom. The Morgan fingerprint density at radius 3 is 0.820 bits per heavy atom. The molecule has 17 nitrogen and oxygen atoms in total. The lowest BCUT2D eigenvalue weighted by atomic mass is 10.0. The van der Waals surface area contributed by atoms with Crippen molar-refractivity contribution in [3.8, 4) is 0 Å². The summed E-state index contributed by atoms with van der Waals surface area (Å²) in [6, 6.07) is 0. The second-order valence-electron chi connectivity index (χ2n) is 29.0. The van der Waals surface area contributed by atoms with E-state index in [-0.39, 0.29) is 25.7 Å². The third-order valence-corrected chi connectivity index (χ3v) is 20.3. The minimum Gasteiger partial charge on any atom is -0.462 e. The monoisotopic (exact) mass is 1460 g/mol. The molecule has 0 saturated carbocycles. The van der Waals surface area contributed by atoms with E-state index in [9.17, 15) is 43.2 Å². The molecule has 0 aliphatic carbocycles. The first-order chi connectivity index (χ1) is 48.5. The van der Waals surface area contributed by atoms with Gasteiger partial charge in [-0.25, -0.2) is 9.13 Å². The van der Waals surface area contributed by atoms with Gasteiger partial charge in [-0.05, 0) is 57.3 Å². The molecule has 0 radical (unpaired) electrons. The van der Waals surface area contributed by atoms with Gasteiger partial charge in [-0.3, -0.25) is 37.3 Å². The molecule has 0 aromatic rings. The SMILES string of the molecule is CCCCCC/C=C\C=C/CCCCCCCC(=O)O[C@H](COC(=O)CCCCCCCCCCC)COP(=O)(O)OC[C@H](O)COP(=O)(O)OC[C@@H](COC(=O)CCCCCCCCCCCCCCCCCCCC)OC(=O)CCCCCCCCCCCCCCCCCC(C)C. The topological polar surface area (TPSA) is 237 Å². The maximum atomic E-state index is 13.1. The van der Waals surface area contributed by atoms with Crippen molar-refractivity contribution < 1.29 is 80.2 Å². The van der Waals surface area contributed by atoms with Crippen LogP contribution in [0.25, 0.3) is 0 Å². The van der Waals surface area contributed by atoms with Gasteiger partial charge in [-0.2, -0.15) is 0 Å². The van der Waals surface area contributed by atoms with Crippen LogP contribution in [0.5, 0.6) is 0 Å². The number of unbranched alkanes of at least 4 members (excludes halogenated alkanes) is 48. The van der Waals surface area contributed by atoms with Crippen LogP contribution in [0.1, 0.15) is 407 Å². The van der Waals surface area contributed by atoms with Gasteiger partial charge in [-0.1, -0.05) is 354 Å². The van der Waals surface area contributed by atoms with Crippen LogP contribution in [0.4, 0.5) is 0 Å². The van der Waals surface area contributed by atoms with Crippen molar-refractivity contribution in [1.29, 1.82) is 0 Å². The highest BCUT2D eigenvalue weighted by Crippen LogP contribution is 2.45. The third-order valence-electron chi connectivity index (χ3n) is 18.4. The van der Waals surface area contributed by atoms with Crippen molar-refractivity contribution in [2.45, 2.75) is 425 Å². The minimum atomic E-state index is -4.97. The number of esters is 4. The van der Waals surface area contributed by atoms with E-state index in [4.69, 9.17) is 37.0 Å². The van der Waals surface area contributed by atoms with Gasteiger partial charge in [0.2, 0.25) is 0 Å². The van der Waals surface area contributed by atoms with Crippen molar-refractivity contribution in [2.24, 2.45) is 5.92 Å². The predicted octanol–water partition coefficient (Wildman–Crippen LogP) is 24.0. The quantitative estimate of drug-likeness (QED) is 0.0169. The predicted molar refractivity (Wildman–Crippen MR) is 409 cm³/mol. The van der Waals surface area contributed by atoms with Crippen LogP contribution < -0.4 is 0 Å². The van der Waals surface area contributed by atoms with Crippen molar-refractivity contribution in [1.82, 2.24) is 0 Å². The first kappa shape index (κ1) is 97.5. The Bertz CT molecular complexity index is 2000.